The molecule has 7 nitrogen and oxygen atoms in total. The van der Waals surface area contributed by atoms with E-state index in [1.54, 1.807) is 6.92 Å². The van der Waals surface area contributed by atoms with Gasteiger partial charge in [0.25, 0.3) is 0 Å². The van der Waals surface area contributed by atoms with E-state index in [0.29, 0.717) is 13.0 Å². The number of benzene rings is 2. The molecule has 2 aromatic carbocycles. The molecular formula is C23H27NO6. The molecule has 1 amide bonds. The highest BCUT2D eigenvalue weighted by Gasteiger charge is 2.40. The second kappa shape index (κ2) is 10.8. The van der Waals surface area contributed by atoms with E-state index >= 15 is 0 Å². The summed E-state index contributed by atoms with van der Waals surface area (Å²) in [5.74, 6) is -0.441. The van der Waals surface area contributed by atoms with Crippen LogP contribution < -0.4 is 5.32 Å². The summed E-state index contributed by atoms with van der Waals surface area (Å²) in [7, 11) is 0. The molecule has 2 aromatic rings. The summed E-state index contributed by atoms with van der Waals surface area (Å²) >= 11 is 0. The van der Waals surface area contributed by atoms with Crippen LogP contribution in [0.25, 0.3) is 0 Å². The first-order chi connectivity index (χ1) is 14.5. The van der Waals surface area contributed by atoms with E-state index < -0.39 is 36.6 Å². The predicted molar refractivity (Wildman–Crippen MR) is 109 cm³/mol. The lowest BCUT2D eigenvalue weighted by Crippen LogP contribution is -2.56. The van der Waals surface area contributed by atoms with E-state index in [9.17, 15) is 9.59 Å². The fraction of sp³-hybridized carbons (Fsp3) is 0.391. The van der Waals surface area contributed by atoms with Crippen molar-refractivity contribution in [2.75, 3.05) is 0 Å². The van der Waals surface area contributed by atoms with Crippen LogP contribution in [0.3, 0.4) is 0 Å². The van der Waals surface area contributed by atoms with Crippen molar-refractivity contribution < 1.29 is 28.5 Å². The minimum atomic E-state index is -0.636. The Hall–Kier alpha value is -2.90. The molecule has 160 valence electrons. The first kappa shape index (κ1) is 21.8. The second-order valence-electron chi connectivity index (χ2n) is 7.19. The number of esters is 1. The van der Waals surface area contributed by atoms with Crippen LogP contribution in [-0.2, 0) is 37.0 Å². The monoisotopic (exact) mass is 413 g/mol. The van der Waals surface area contributed by atoms with Crippen LogP contribution in [0.1, 0.15) is 31.4 Å². The lowest BCUT2D eigenvalue weighted by Gasteiger charge is -2.39. The fourth-order valence-corrected chi connectivity index (χ4v) is 3.34. The summed E-state index contributed by atoms with van der Waals surface area (Å²) in [6.07, 6.45) is -1.90. The molecule has 1 saturated heterocycles. The van der Waals surface area contributed by atoms with Crippen molar-refractivity contribution in [3.8, 4) is 0 Å². The van der Waals surface area contributed by atoms with Gasteiger partial charge in [-0.1, -0.05) is 60.7 Å². The molecule has 0 bridgehead atoms. The SMILES string of the molecule is CC(=O)O[C@H]1[C@H](C)O[C@@H](OCc2ccccc2)C[C@H]1NC(=O)OCc1ccccc1. The molecule has 3 rings (SSSR count). The predicted octanol–water partition coefficient (Wildman–Crippen LogP) is 3.56. The molecule has 1 heterocycles. The van der Waals surface area contributed by atoms with Gasteiger partial charge in [-0.15, -0.1) is 0 Å². The molecule has 1 aliphatic heterocycles. The molecule has 1 aliphatic rings. The number of hydrogen-bond acceptors (Lipinski definition) is 6. The number of nitrogens with one attached hydrogen (secondary N) is 1. The number of hydrogen-bond donors (Lipinski definition) is 1. The van der Waals surface area contributed by atoms with E-state index in [-0.39, 0.29) is 6.61 Å². The minimum absolute atomic E-state index is 0.150. The lowest BCUT2D eigenvalue weighted by molar-refractivity contribution is -0.235. The Kier molecular flexibility index (Phi) is 7.82. The second-order valence-corrected chi connectivity index (χ2v) is 7.19. The molecule has 0 unspecified atom stereocenters. The molecule has 1 N–H and O–H groups in total. The van der Waals surface area contributed by atoms with Crippen molar-refractivity contribution in [1.82, 2.24) is 5.32 Å². The Labute approximate surface area is 176 Å². The topological polar surface area (TPSA) is 83.1 Å². The summed E-state index contributed by atoms with van der Waals surface area (Å²) in [5, 5.41) is 2.80. The first-order valence-electron chi connectivity index (χ1n) is 9.96. The van der Waals surface area contributed by atoms with Crippen molar-refractivity contribution in [3.05, 3.63) is 71.8 Å². The van der Waals surface area contributed by atoms with E-state index in [1.165, 1.54) is 6.92 Å². The largest absolute Gasteiger partial charge is 0.458 e. The Morgan fingerprint density at radius 2 is 1.60 bits per heavy atom. The van der Waals surface area contributed by atoms with Gasteiger partial charge in [-0.3, -0.25) is 4.79 Å². The van der Waals surface area contributed by atoms with Crippen molar-refractivity contribution in [2.45, 2.75) is 58.0 Å². The van der Waals surface area contributed by atoms with Crippen LogP contribution in [0.5, 0.6) is 0 Å². The maximum absolute atomic E-state index is 12.4. The van der Waals surface area contributed by atoms with Gasteiger partial charge in [0, 0.05) is 13.3 Å². The lowest BCUT2D eigenvalue weighted by atomic mass is 9.99. The van der Waals surface area contributed by atoms with Crippen molar-refractivity contribution in [2.24, 2.45) is 0 Å². The van der Waals surface area contributed by atoms with Crippen LogP contribution in [0.4, 0.5) is 4.79 Å². The van der Waals surface area contributed by atoms with Crippen molar-refractivity contribution in [1.29, 1.82) is 0 Å². The van der Waals surface area contributed by atoms with Crippen LogP contribution in [-0.4, -0.2) is 36.6 Å². The molecule has 0 radical (unpaired) electrons. The van der Waals surface area contributed by atoms with Gasteiger partial charge in [0.2, 0.25) is 0 Å². The Morgan fingerprint density at radius 1 is 1.00 bits per heavy atom. The van der Waals surface area contributed by atoms with Crippen molar-refractivity contribution >= 4 is 12.1 Å². The van der Waals surface area contributed by atoms with Crippen LogP contribution in [0.2, 0.25) is 0 Å². The molecule has 0 spiro atoms. The van der Waals surface area contributed by atoms with E-state index in [0.717, 1.165) is 11.1 Å². The van der Waals surface area contributed by atoms with Gasteiger partial charge in [0.15, 0.2) is 6.29 Å². The molecule has 0 aliphatic carbocycles. The number of rotatable bonds is 7. The van der Waals surface area contributed by atoms with Gasteiger partial charge in [0.1, 0.15) is 12.7 Å². The molecule has 1 fully saturated rings. The Balaban J connectivity index is 1.59. The summed E-state index contributed by atoms with van der Waals surface area (Å²) in [6, 6.07) is 18.6. The minimum Gasteiger partial charge on any atom is -0.458 e. The molecule has 0 saturated carbocycles. The molecule has 4 atom stereocenters. The zero-order chi connectivity index (χ0) is 21.3. The van der Waals surface area contributed by atoms with E-state index in [4.69, 9.17) is 18.9 Å². The molecular weight excluding hydrogens is 386 g/mol. The number of ether oxygens (including phenoxy) is 4. The van der Waals surface area contributed by atoms with Gasteiger partial charge < -0.3 is 24.3 Å². The summed E-state index contributed by atoms with van der Waals surface area (Å²) in [6.45, 7) is 3.64. The number of carbonyl (C=O) groups excluding carboxylic acids is 2. The molecule has 0 aromatic heterocycles. The standard InChI is InChI=1S/C23H27NO6/c1-16-22(30-17(2)25)20(24-23(26)28-15-19-11-7-4-8-12-19)13-21(29-16)27-14-18-9-5-3-6-10-18/h3-12,16,20-22H,13-15H2,1-2H3,(H,24,26)/t16-,20+,21+,22-/m0/s1. The van der Waals surface area contributed by atoms with Gasteiger partial charge in [0.05, 0.1) is 18.8 Å². The van der Waals surface area contributed by atoms with Crippen molar-refractivity contribution in [3.63, 3.8) is 0 Å². The highest BCUT2D eigenvalue weighted by Crippen LogP contribution is 2.25. The number of carbonyl (C=O) groups is 2. The smallest absolute Gasteiger partial charge is 0.407 e. The van der Waals surface area contributed by atoms with Gasteiger partial charge in [-0.2, -0.15) is 0 Å². The summed E-state index contributed by atoms with van der Waals surface area (Å²) in [4.78, 5) is 23.9. The zero-order valence-electron chi connectivity index (χ0n) is 17.2. The number of amides is 1. The van der Waals surface area contributed by atoms with Gasteiger partial charge in [-0.05, 0) is 18.1 Å². The van der Waals surface area contributed by atoms with E-state index in [2.05, 4.69) is 5.32 Å². The Bertz CT molecular complexity index is 813. The first-order valence-corrected chi connectivity index (χ1v) is 9.96. The summed E-state index contributed by atoms with van der Waals surface area (Å²) < 4.78 is 22.5. The van der Waals surface area contributed by atoms with E-state index in [1.807, 2.05) is 60.7 Å². The highest BCUT2D eigenvalue weighted by molar-refractivity contribution is 5.68. The average Bonchev–Trinajstić information content (AvgIpc) is 2.74. The van der Waals surface area contributed by atoms with Crippen LogP contribution in [0, 0.1) is 0 Å². The van der Waals surface area contributed by atoms with Gasteiger partial charge >= 0.3 is 12.1 Å². The third kappa shape index (κ3) is 6.57. The quantitative estimate of drug-likeness (QED) is 0.699. The van der Waals surface area contributed by atoms with Crippen LogP contribution >= 0.6 is 0 Å². The zero-order valence-corrected chi connectivity index (χ0v) is 17.2. The third-order valence-corrected chi connectivity index (χ3v) is 4.77. The normalized spacial score (nSPS) is 23.4. The van der Waals surface area contributed by atoms with Gasteiger partial charge in [-0.25, -0.2) is 4.79 Å². The molecule has 7 heteroatoms. The Morgan fingerprint density at radius 3 is 2.20 bits per heavy atom. The average molecular weight is 413 g/mol. The third-order valence-electron chi connectivity index (χ3n) is 4.77. The maximum atomic E-state index is 12.4. The number of alkyl carbamates (subject to hydrolysis) is 1. The maximum Gasteiger partial charge on any atom is 0.407 e. The van der Waals surface area contributed by atoms with Crippen LogP contribution in [0.15, 0.2) is 60.7 Å². The summed E-state index contributed by atoms with van der Waals surface area (Å²) in [5.41, 5.74) is 1.90. The highest BCUT2D eigenvalue weighted by atomic mass is 16.7. The molecule has 30 heavy (non-hydrogen) atoms. The fourth-order valence-electron chi connectivity index (χ4n) is 3.34.